The van der Waals surface area contributed by atoms with Crippen molar-refractivity contribution in [3.8, 4) is 0 Å². The number of allylic oxidation sites excluding steroid dienone is 1. The number of carbonyl (C=O) groups is 1. The van der Waals surface area contributed by atoms with Crippen LogP contribution in [0.15, 0.2) is 12.2 Å². The topological polar surface area (TPSA) is 68.0 Å². The highest BCUT2D eigenvalue weighted by Crippen LogP contribution is 2.19. The maximum atomic E-state index is 11.6. The van der Waals surface area contributed by atoms with Crippen LogP contribution in [-0.2, 0) is 0 Å². The van der Waals surface area contributed by atoms with Gasteiger partial charge in [0.15, 0.2) is 5.13 Å². The Labute approximate surface area is 93.2 Å². The third kappa shape index (κ3) is 3.36. The number of aromatic nitrogens is 1. The van der Waals surface area contributed by atoms with Crippen LogP contribution in [0.25, 0.3) is 0 Å². The second-order valence-corrected chi connectivity index (χ2v) is 4.11. The van der Waals surface area contributed by atoms with E-state index >= 15 is 0 Å². The largest absolute Gasteiger partial charge is 0.375 e. The molecule has 0 unspecified atom stereocenters. The first-order chi connectivity index (χ1) is 7.15. The summed E-state index contributed by atoms with van der Waals surface area (Å²) in [5.41, 5.74) is 6.21. The number of rotatable bonds is 4. The summed E-state index contributed by atoms with van der Waals surface area (Å²) in [4.78, 5) is 16.2. The fourth-order valence-corrected chi connectivity index (χ4v) is 1.89. The van der Waals surface area contributed by atoms with Crippen LogP contribution in [0.3, 0.4) is 0 Å². The van der Waals surface area contributed by atoms with E-state index in [2.05, 4.69) is 10.3 Å². The number of carbonyl (C=O) groups excluding carboxylic acids is 1. The van der Waals surface area contributed by atoms with E-state index < -0.39 is 0 Å². The van der Waals surface area contributed by atoms with E-state index in [1.807, 2.05) is 19.1 Å². The zero-order valence-electron chi connectivity index (χ0n) is 8.91. The first-order valence-electron chi connectivity index (χ1n) is 4.77. The molecule has 82 valence electrons. The van der Waals surface area contributed by atoms with Crippen LogP contribution < -0.4 is 11.1 Å². The second-order valence-electron chi connectivity index (χ2n) is 3.08. The molecule has 0 aromatic carbocycles. The maximum absolute atomic E-state index is 11.6. The van der Waals surface area contributed by atoms with E-state index in [4.69, 9.17) is 5.73 Å². The van der Waals surface area contributed by atoms with Gasteiger partial charge in [-0.2, -0.15) is 0 Å². The number of nitrogens with one attached hydrogen (secondary N) is 1. The van der Waals surface area contributed by atoms with E-state index in [0.29, 0.717) is 22.2 Å². The number of anilines is 1. The summed E-state index contributed by atoms with van der Waals surface area (Å²) < 4.78 is 0. The van der Waals surface area contributed by atoms with Gasteiger partial charge in [0, 0.05) is 6.54 Å². The highest BCUT2D eigenvalue weighted by Gasteiger charge is 2.12. The van der Waals surface area contributed by atoms with Crippen molar-refractivity contribution in [1.29, 1.82) is 0 Å². The summed E-state index contributed by atoms with van der Waals surface area (Å²) in [6.45, 7) is 4.38. The lowest BCUT2D eigenvalue weighted by molar-refractivity contribution is 0.0957. The van der Waals surface area contributed by atoms with E-state index in [9.17, 15) is 4.79 Å². The van der Waals surface area contributed by atoms with Crippen molar-refractivity contribution in [1.82, 2.24) is 10.3 Å². The normalized spacial score (nSPS) is 10.8. The van der Waals surface area contributed by atoms with Crippen LogP contribution >= 0.6 is 11.3 Å². The molecule has 0 aliphatic rings. The quantitative estimate of drug-likeness (QED) is 0.605. The lowest BCUT2D eigenvalue weighted by atomic mass is 10.3. The number of thiazole rings is 1. The molecule has 1 amide bonds. The van der Waals surface area contributed by atoms with Crippen molar-refractivity contribution in [3.05, 3.63) is 22.7 Å². The Balaban J connectivity index is 2.50. The minimum absolute atomic E-state index is 0.0915. The van der Waals surface area contributed by atoms with Crippen molar-refractivity contribution in [3.63, 3.8) is 0 Å². The molecule has 0 saturated carbocycles. The summed E-state index contributed by atoms with van der Waals surface area (Å²) in [6.07, 6.45) is 4.81. The summed E-state index contributed by atoms with van der Waals surface area (Å²) in [5.74, 6) is -0.0915. The Morgan fingerprint density at radius 1 is 1.67 bits per heavy atom. The zero-order chi connectivity index (χ0) is 11.3. The molecule has 4 nitrogen and oxygen atoms in total. The molecule has 5 heteroatoms. The average Bonchev–Trinajstić information content (AvgIpc) is 2.52. The molecule has 0 saturated heterocycles. The van der Waals surface area contributed by atoms with Crippen molar-refractivity contribution in [2.24, 2.45) is 0 Å². The monoisotopic (exact) mass is 225 g/mol. The van der Waals surface area contributed by atoms with Gasteiger partial charge in [-0.3, -0.25) is 4.79 Å². The number of nitrogens with zero attached hydrogens (tertiary/aromatic N) is 1. The standard InChI is InChI=1S/C10H15N3OS/c1-3-4-5-6-12-9(14)8-7(2)13-10(11)15-8/h3-4H,5-6H2,1-2H3,(H2,11,13)(H,12,14)/b4-3+. The van der Waals surface area contributed by atoms with E-state index in [1.165, 1.54) is 11.3 Å². The van der Waals surface area contributed by atoms with Crippen LogP contribution in [-0.4, -0.2) is 17.4 Å². The Morgan fingerprint density at radius 3 is 2.93 bits per heavy atom. The Morgan fingerprint density at radius 2 is 2.40 bits per heavy atom. The fourth-order valence-electron chi connectivity index (χ4n) is 1.14. The lowest BCUT2D eigenvalue weighted by Crippen LogP contribution is -2.23. The smallest absolute Gasteiger partial charge is 0.263 e. The number of hydrogen-bond donors (Lipinski definition) is 2. The van der Waals surface area contributed by atoms with Crippen LogP contribution in [0.5, 0.6) is 0 Å². The number of hydrogen-bond acceptors (Lipinski definition) is 4. The average molecular weight is 225 g/mol. The first-order valence-corrected chi connectivity index (χ1v) is 5.59. The Bertz CT molecular complexity index is 371. The Hall–Kier alpha value is -1.36. The van der Waals surface area contributed by atoms with E-state index in [1.54, 1.807) is 6.92 Å². The summed E-state index contributed by atoms with van der Waals surface area (Å²) in [6, 6.07) is 0. The third-order valence-electron chi connectivity index (χ3n) is 1.85. The molecule has 0 radical (unpaired) electrons. The molecule has 0 fully saturated rings. The number of aryl methyl sites for hydroxylation is 1. The van der Waals surface area contributed by atoms with Gasteiger partial charge < -0.3 is 11.1 Å². The van der Waals surface area contributed by atoms with Gasteiger partial charge in [-0.05, 0) is 20.3 Å². The lowest BCUT2D eigenvalue weighted by Gasteiger charge is -2.00. The van der Waals surface area contributed by atoms with Gasteiger partial charge in [0.1, 0.15) is 4.88 Å². The highest BCUT2D eigenvalue weighted by atomic mass is 32.1. The van der Waals surface area contributed by atoms with Crippen molar-refractivity contribution in [2.45, 2.75) is 20.3 Å². The molecule has 0 aliphatic carbocycles. The van der Waals surface area contributed by atoms with Gasteiger partial charge in [-0.15, -0.1) is 0 Å². The number of nitrogen functional groups attached to an aromatic ring is 1. The van der Waals surface area contributed by atoms with Gasteiger partial charge in [0.25, 0.3) is 5.91 Å². The predicted molar refractivity (Wildman–Crippen MR) is 63.0 cm³/mol. The summed E-state index contributed by atoms with van der Waals surface area (Å²) >= 11 is 1.22. The van der Waals surface area contributed by atoms with Gasteiger partial charge in [0.05, 0.1) is 5.69 Å². The molecule has 1 aromatic rings. The maximum Gasteiger partial charge on any atom is 0.263 e. The van der Waals surface area contributed by atoms with Gasteiger partial charge in [-0.1, -0.05) is 23.5 Å². The number of nitrogens with two attached hydrogens (primary N) is 1. The van der Waals surface area contributed by atoms with E-state index in [-0.39, 0.29) is 5.91 Å². The molecule has 0 spiro atoms. The zero-order valence-corrected chi connectivity index (χ0v) is 9.73. The van der Waals surface area contributed by atoms with Crippen LogP contribution in [0, 0.1) is 6.92 Å². The first kappa shape index (κ1) is 11.7. The molecular formula is C10H15N3OS. The van der Waals surface area contributed by atoms with Crippen molar-refractivity contribution < 1.29 is 4.79 Å². The minimum atomic E-state index is -0.0915. The van der Waals surface area contributed by atoms with Crippen molar-refractivity contribution in [2.75, 3.05) is 12.3 Å². The van der Waals surface area contributed by atoms with Gasteiger partial charge >= 0.3 is 0 Å². The molecule has 0 atom stereocenters. The molecule has 0 aliphatic heterocycles. The SMILES string of the molecule is C/C=C/CCNC(=O)c1sc(N)nc1C. The van der Waals surface area contributed by atoms with Gasteiger partial charge in [-0.25, -0.2) is 4.98 Å². The molecule has 1 heterocycles. The molecule has 1 rings (SSSR count). The third-order valence-corrected chi connectivity index (χ3v) is 2.84. The second kappa shape index (κ2) is 5.50. The molecule has 1 aromatic heterocycles. The van der Waals surface area contributed by atoms with Crippen molar-refractivity contribution >= 4 is 22.4 Å². The fraction of sp³-hybridized carbons (Fsp3) is 0.400. The highest BCUT2D eigenvalue weighted by molar-refractivity contribution is 7.17. The molecule has 3 N–H and O–H groups in total. The Kier molecular flexibility index (Phi) is 4.30. The molecule has 15 heavy (non-hydrogen) atoms. The predicted octanol–water partition coefficient (Wildman–Crippen LogP) is 1.73. The van der Waals surface area contributed by atoms with Crippen LogP contribution in [0.1, 0.15) is 28.7 Å². The summed E-state index contributed by atoms with van der Waals surface area (Å²) in [5, 5.41) is 3.25. The van der Waals surface area contributed by atoms with E-state index in [0.717, 1.165) is 6.42 Å². The molecule has 0 bridgehead atoms. The molecular weight excluding hydrogens is 210 g/mol. The van der Waals surface area contributed by atoms with Crippen LogP contribution in [0.4, 0.5) is 5.13 Å². The summed E-state index contributed by atoms with van der Waals surface area (Å²) in [7, 11) is 0. The van der Waals surface area contributed by atoms with Gasteiger partial charge in [0.2, 0.25) is 0 Å². The number of amides is 1. The van der Waals surface area contributed by atoms with Crippen LogP contribution in [0.2, 0.25) is 0 Å². The minimum Gasteiger partial charge on any atom is -0.375 e.